The maximum absolute atomic E-state index is 11.0. The number of aliphatic carboxylic acids is 3. The van der Waals surface area contributed by atoms with Gasteiger partial charge in [0.15, 0.2) is 0 Å². The quantitative estimate of drug-likeness (QED) is 0.0402. The summed E-state index contributed by atoms with van der Waals surface area (Å²) in [6.07, 6.45) is 34.6. The van der Waals surface area contributed by atoms with E-state index in [9.17, 15) is 19.5 Å². The minimum Gasteiger partial charge on any atom is -0.550 e. The fourth-order valence-electron chi connectivity index (χ4n) is 6.41. The molecule has 0 unspecified atom stereocenters. The number of carbonyl (C=O) groups excluding carboxylic acids is 1. The Bertz CT molecular complexity index is 683. The fraction of sp³-hybridized carbons (Fsp3) is 0.868. The molecule has 264 valence electrons. The molecule has 0 aromatic carbocycles. The van der Waals surface area contributed by atoms with Gasteiger partial charge < -0.3 is 24.6 Å². The first-order valence-corrected chi connectivity index (χ1v) is 18.9. The zero-order valence-electron chi connectivity index (χ0n) is 29.3. The van der Waals surface area contributed by atoms with E-state index in [-0.39, 0.29) is 19.3 Å². The van der Waals surface area contributed by atoms with Gasteiger partial charge in [-0.15, -0.1) is 0 Å². The molecule has 0 aliphatic carbocycles. The third-order valence-electron chi connectivity index (χ3n) is 9.22. The summed E-state index contributed by atoms with van der Waals surface area (Å²) in [6, 6.07) is 0. The first-order chi connectivity index (χ1) is 21.8. The maximum atomic E-state index is 11.0. The Labute approximate surface area is 276 Å². The lowest BCUT2D eigenvalue weighted by molar-refractivity contribution is -0.928. The van der Waals surface area contributed by atoms with Crippen LogP contribution < -0.4 is 5.11 Å². The van der Waals surface area contributed by atoms with Crippen molar-refractivity contribution in [3.05, 3.63) is 12.2 Å². The van der Waals surface area contributed by atoms with E-state index in [1.54, 1.807) is 0 Å². The molecule has 0 aromatic rings. The molecule has 0 saturated carbocycles. The lowest BCUT2D eigenvalue weighted by Gasteiger charge is -2.39. The van der Waals surface area contributed by atoms with Crippen LogP contribution in [0.5, 0.6) is 0 Å². The van der Waals surface area contributed by atoms with E-state index in [0.717, 1.165) is 62.8 Å². The Balaban J connectivity index is 4.25. The van der Waals surface area contributed by atoms with E-state index in [1.807, 2.05) is 0 Å². The number of carbonyl (C=O) groups is 3. The second kappa shape index (κ2) is 32.1. The molecule has 0 aliphatic rings. The van der Waals surface area contributed by atoms with Crippen molar-refractivity contribution in [3.8, 4) is 0 Å². The Hall–Kier alpha value is -1.89. The van der Waals surface area contributed by atoms with Crippen molar-refractivity contribution in [3.63, 3.8) is 0 Å². The lowest BCUT2D eigenvalue weighted by atomic mass is 10.0. The van der Waals surface area contributed by atoms with Crippen molar-refractivity contribution >= 4 is 17.9 Å². The predicted octanol–water partition coefficient (Wildman–Crippen LogP) is 9.22. The average Bonchev–Trinajstić information content (AvgIpc) is 3.00. The Morgan fingerprint density at radius 2 is 0.822 bits per heavy atom. The van der Waals surface area contributed by atoms with Crippen molar-refractivity contribution in [1.29, 1.82) is 0 Å². The number of hydrogen-bond donors (Lipinski definition) is 2. The first kappa shape index (κ1) is 43.1. The molecule has 0 rings (SSSR count). The topological polar surface area (TPSA) is 115 Å². The number of hydrogen-bond acceptors (Lipinski definition) is 4. The van der Waals surface area contributed by atoms with Gasteiger partial charge in [0.25, 0.3) is 0 Å². The number of allylic oxidation sites excluding steroid dienone is 1. The van der Waals surface area contributed by atoms with Crippen molar-refractivity contribution < 1.29 is 34.2 Å². The van der Waals surface area contributed by atoms with Gasteiger partial charge in [0, 0.05) is 25.2 Å². The monoisotopic (exact) mass is 638 g/mol. The molecule has 45 heavy (non-hydrogen) atoms. The molecule has 0 saturated heterocycles. The molecule has 0 aliphatic heterocycles. The Morgan fingerprint density at radius 3 is 1.20 bits per heavy atom. The fourth-order valence-corrected chi connectivity index (χ4v) is 6.41. The van der Waals surface area contributed by atoms with Gasteiger partial charge in [-0.3, -0.25) is 9.59 Å². The molecular weight excluding hydrogens is 566 g/mol. The molecule has 0 spiro atoms. The highest BCUT2D eigenvalue weighted by Crippen LogP contribution is 2.19. The van der Waals surface area contributed by atoms with Crippen molar-refractivity contribution in [2.45, 2.75) is 187 Å². The van der Waals surface area contributed by atoms with E-state index in [2.05, 4.69) is 19.1 Å². The maximum Gasteiger partial charge on any atom is 0.303 e. The highest BCUT2D eigenvalue weighted by Gasteiger charge is 2.25. The summed E-state index contributed by atoms with van der Waals surface area (Å²) in [6.45, 7) is 5.72. The SMILES string of the molecule is CCCCCCCCCCCCCCCCCCC/C=C/CC[N+](CCCCC(=O)[O-])(CCCCC(=O)O)CCCCC(=O)O. The normalized spacial score (nSPS) is 11.8. The van der Waals surface area contributed by atoms with E-state index >= 15 is 0 Å². The lowest BCUT2D eigenvalue weighted by Crippen LogP contribution is -2.50. The van der Waals surface area contributed by atoms with Crippen LogP contribution in [-0.2, 0) is 14.4 Å². The van der Waals surface area contributed by atoms with Crippen LogP contribution in [0.25, 0.3) is 0 Å². The minimum absolute atomic E-state index is 0.0529. The van der Waals surface area contributed by atoms with Crippen molar-refractivity contribution in [2.75, 3.05) is 26.2 Å². The minimum atomic E-state index is -1.02. The Kier molecular flexibility index (Phi) is 30.7. The van der Waals surface area contributed by atoms with Crippen LogP contribution >= 0.6 is 0 Å². The van der Waals surface area contributed by atoms with Gasteiger partial charge in [-0.05, 0) is 57.8 Å². The van der Waals surface area contributed by atoms with Gasteiger partial charge in [0.2, 0.25) is 0 Å². The van der Waals surface area contributed by atoms with Gasteiger partial charge in [-0.1, -0.05) is 122 Å². The molecule has 0 heterocycles. The van der Waals surface area contributed by atoms with Crippen LogP contribution in [0, 0.1) is 0 Å². The van der Waals surface area contributed by atoms with Gasteiger partial charge in [0.05, 0.1) is 26.2 Å². The number of quaternary nitrogens is 1. The van der Waals surface area contributed by atoms with Crippen LogP contribution in [0.3, 0.4) is 0 Å². The summed E-state index contributed by atoms with van der Waals surface area (Å²) >= 11 is 0. The van der Waals surface area contributed by atoms with E-state index < -0.39 is 17.9 Å². The number of carboxylic acid groups (broad SMARTS) is 3. The second-order valence-electron chi connectivity index (χ2n) is 13.5. The van der Waals surface area contributed by atoms with Crippen LogP contribution in [0.4, 0.5) is 0 Å². The van der Waals surface area contributed by atoms with Crippen molar-refractivity contribution in [1.82, 2.24) is 0 Å². The molecular formula is C38H71NO6. The molecule has 0 atom stereocenters. The summed E-state index contributed by atoms with van der Waals surface area (Å²) in [5.74, 6) is -2.59. The third kappa shape index (κ3) is 31.9. The molecule has 2 N–H and O–H groups in total. The highest BCUT2D eigenvalue weighted by molar-refractivity contribution is 5.66. The third-order valence-corrected chi connectivity index (χ3v) is 9.22. The number of nitrogens with zero attached hydrogens (tertiary/aromatic N) is 1. The summed E-state index contributed by atoms with van der Waals surface area (Å²) in [5.41, 5.74) is 0. The zero-order chi connectivity index (χ0) is 33.3. The van der Waals surface area contributed by atoms with E-state index in [0.29, 0.717) is 19.3 Å². The second-order valence-corrected chi connectivity index (χ2v) is 13.5. The summed E-state index contributed by atoms with van der Waals surface area (Å²) < 4.78 is 0.801. The largest absolute Gasteiger partial charge is 0.550 e. The first-order valence-electron chi connectivity index (χ1n) is 18.9. The molecule has 7 nitrogen and oxygen atoms in total. The number of carboxylic acids is 3. The van der Waals surface area contributed by atoms with Gasteiger partial charge in [0.1, 0.15) is 0 Å². The number of rotatable bonds is 36. The molecule has 0 amide bonds. The molecule has 0 radical (unpaired) electrons. The van der Waals surface area contributed by atoms with Gasteiger partial charge >= 0.3 is 11.9 Å². The summed E-state index contributed by atoms with van der Waals surface area (Å²) in [7, 11) is 0. The molecule has 0 aromatic heterocycles. The van der Waals surface area contributed by atoms with E-state index in [4.69, 9.17) is 10.2 Å². The number of unbranched alkanes of at least 4 members (excludes halogenated alkanes) is 20. The van der Waals surface area contributed by atoms with Gasteiger partial charge in [-0.25, -0.2) is 0 Å². The van der Waals surface area contributed by atoms with Crippen LogP contribution in [0.15, 0.2) is 12.2 Å². The smallest absolute Gasteiger partial charge is 0.303 e. The highest BCUT2D eigenvalue weighted by atomic mass is 16.4. The van der Waals surface area contributed by atoms with Crippen LogP contribution in [0.2, 0.25) is 0 Å². The molecule has 0 bridgehead atoms. The van der Waals surface area contributed by atoms with Gasteiger partial charge in [-0.2, -0.15) is 0 Å². The summed E-state index contributed by atoms with van der Waals surface area (Å²) in [4.78, 5) is 32.9. The van der Waals surface area contributed by atoms with Crippen LogP contribution in [0.1, 0.15) is 187 Å². The van der Waals surface area contributed by atoms with E-state index in [1.165, 1.54) is 109 Å². The van der Waals surface area contributed by atoms with Crippen LogP contribution in [-0.4, -0.2) is 58.8 Å². The van der Waals surface area contributed by atoms with Crippen molar-refractivity contribution in [2.24, 2.45) is 0 Å². The zero-order valence-corrected chi connectivity index (χ0v) is 29.3. The Morgan fingerprint density at radius 1 is 0.467 bits per heavy atom. The predicted molar refractivity (Wildman–Crippen MR) is 184 cm³/mol. The average molecular weight is 638 g/mol. The molecule has 0 fully saturated rings. The standard InChI is InChI=1S/C38H71NO6/c1-2-3-4-5-6-7-8-9-10-11-12-13-14-15-16-17-18-19-20-21-25-32-39(33-26-22-29-36(40)41,34-27-23-30-37(42)43)35-28-24-31-38(44)45/h20-21H,2-19,22-35H2,1H3,(H2-,40,41,42,43,44,45)/b21-20+. The molecule has 7 heteroatoms. The summed E-state index contributed by atoms with van der Waals surface area (Å²) in [5, 5.41) is 29.0.